The van der Waals surface area contributed by atoms with Crippen LogP contribution >= 0.6 is 15.9 Å². The van der Waals surface area contributed by atoms with E-state index in [-0.39, 0.29) is 5.97 Å². The lowest BCUT2D eigenvalue weighted by Gasteiger charge is -2.39. The van der Waals surface area contributed by atoms with E-state index in [1.165, 1.54) is 0 Å². The fourth-order valence-electron chi connectivity index (χ4n) is 1.60. The van der Waals surface area contributed by atoms with E-state index in [1.807, 2.05) is 24.3 Å². The van der Waals surface area contributed by atoms with Crippen molar-refractivity contribution in [2.75, 3.05) is 19.7 Å². The summed E-state index contributed by atoms with van der Waals surface area (Å²) in [6.45, 7) is 3.13. The Morgan fingerprint density at radius 1 is 1.41 bits per heavy atom. The lowest BCUT2D eigenvalue weighted by atomic mass is 9.97. The zero-order valence-electron chi connectivity index (χ0n) is 9.53. The summed E-state index contributed by atoms with van der Waals surface area (Å²) in [7, 11) is 0. The Hall–Kier alpha value is -1.07. The molecule has 1 aliphatic rings. The third kappa shape index (κ3) is 2.61. The topological polar surface area (TPSA) is 47.6 Å². The first-order chi connectivity index (χ1) is 8.16. The predicted molar refractivity (Wildman–Crippen MR) is 67.0 cm³/mol. The molecule has 5 heteroatoms. The van der Waals surface area contributed by atoms with Crippen LogP contribution in [-0.2, 0) is 9.53 Å². The number of hydrogen-bond donors (Lipinski definition) is 1. The summed E-state index contributed by atoms with van der Waals surface area (Å²) in [5, 5.41) is 3.04. The van der Waals surface area contributed by atoms with Gasteiger partial charge in [0.25, 0.3) is 0 Å². The van der Waals surface area contributed by atoms with E-state index in [4.69, 9.17) is 9.47 Å². The molecule has 2 rings (SSSR count). The minimum absolute atomic E-state index is 0.304. The molecule has 1 aromatic carbocycles. The van der Waals surface area contributed by atoms with Gasteiger partial charge in [-0.2, -0.15) is 0 Å². The molecule has 0 radical (unpaired) electrons. The van der Waals surface area contributed by atoms with Crippen LogP contribution in [0.25, 0.3) is 0 Å². The van der Waals surface area contributed by atoms with Gasteiger partial charge in [-0.1, -0.05) is 15.9 Å². The molecule has 0 unspecified atom stereocenters. The number of benzene rings is 1. The van der Waals surface area contributed by atoms with Gasteiger partial charge in [0.15, 0.2) is 0 Å². The molecule has 1 aliphatic heterocycles. The summed E-state index contributed by atoms with van der Waals surface area (Å²) in [5.74, 6) is 0.365. The first kappa shape index (κ1) is 12.4. The monoisotopic (exact) mass is 299 g/mol. The highest BCUT2D eigenvalue weighted by Gasteiger charge is 2.48. The molecular weight excluding hydrogens is 286 g/mol. The van der Waals surface area contributed by atoms with Crippen molar-refractivity contribution in [2.24, 2.45) is 0 Å². The molecular formula is C12H14BrNO3. The van der Waals surface area contributed by atoms with Crippen LogP contribution < -0.4 is 10.1 Å². The largest absolute Gasteiger partial charge is 0.473 e. The van der Waals surface area contributed by atoms with E-state index in [2.05, 4.69) is 21.2 Å². The molecule has 0 aromatic heterocycles. The molecule has 1 N–H and O–H groups in total. The van der Waals surface area contributed by atoms with E-state index in [0.29, 0.717) is 25.4 Å². The van der Waals surface area contributed by atoms with Crippen molar-refractivity contribution in [3.8, 4) is 5.75 Å². The van der Waals surface area contributed by atoms with Gasteiger partial charge in [-0.05, 0) is 31.2 Å². The second-order valence-electron chi connectivity index (χ2n) is 3.87. The van der Waals surface area contributed by atoms with Crippen LogP contribution in [0, 0.1) is 0 Å². The summed E-state index contributed by atoms with van der Waals surface area (Å²) < 4.78 is 11.8. The van der Waals surface area contributed by atoms with E-state index >= 15 is 0 Å². The maximum atomic E-state index is 11.8. The third-order valence-electron chi connectivity index (χ3n) is 2.60. The van der Waals surface area contributed by atoms with Crippen molar-refractivity contribution in [3.05, 3.63) is 28.7 Å². The van der Waals surface area contributed by atoms with Crippen molar-refractivity contribution >= 4 is 21.9 Å². The number of carbonyl (C=O) groups excluding carboxylic acids is 1. The number of ether oxygens (including phenoxy) is 2. The van der Waals surface area contributed by atoms with Gasteiger partial charge in [0, 0.05) is 17.6 Å². The Morgan fingerprint density at radius 3 is 2.53 bits per heavy atom. The molecule has 0 aliphatic carbocycles. The quantitative estimate of drug-likeness (QED) is 0.860. The van der Waals surface area contributed by atoms with Crippen molar-refractivity contribution in [1.29, 1.82) is 0 Å². The van der Waals surface area contributed by atoms with Gasteiger partial charge in [0.1, 0.15) is 5.75 Å². The Bertz CT molecular complexity index is 401. The maximum Gasteiger partial charge on any atom is 0.353 e. The van der Waals surface area contributed by atoms with Crippen LogP contribution in [0.2, 0.25) is 0 Å². The zero-order chi connectivity index (χ0) is 12.3. The average molecular weight is 300 g/mol. The lowest BCUT2D eigenvalue weighted by molar-refractivity contribution is -0.166. The number of carbonyl (C=O) groups is 1. The molecule has 0 bridgehead atoms. The average Bonchev–Trinajstić information content (AvgIpc) is 2.26. The molecule has 1 fully saturated rings. The first-order valence-electron chi connectivity index (χ1n) is 5.49. The predicted octanol–water partition coefficient (Wildman–Crippen LogP) is 1.73. The second-order valence-corrected chi connectivity index (χ2v) is 4.79. The van der Waals surface area contributed by atoms with Crippen LogP contribution in [0.15, 0.2) is 28.7 Å². The molecule has 1 aromatic rings. The number of rotatable bonds is 4. The van der Waals surface area contributed by atoms with E-state index in [0.717, 1.165) is 4.47 Å². The number of hydrogen-bond acceptors (Lipinski definition) is 4. The Kier molecular flexibility index (Phi) is 3.69. The molecule has 1 saturated heterocycles. The van der Waals surface area contributed by atoms with Crippen molar-refractivity contribution in [1.82, 2.24) is 5.32 Å². The van der Waals surface area contributed by atoms with Gasteiger partial charge >= 0.3 is 5.97 Å². The van der Waals surface area contributed by atoms with Crippen LogP contribution in [0.5, 0.6) is 5.75 Å². The molecule has 0 saturated carbocycles. The number of nitrogens with one attached hydrogen (secondary N) is 1. The van der Waals surface area contributed by atoms with E-state index in [9.17, 15) is 4.79 Å². The minimum atomic E-state index is -0.857. The summed E-state index contributed by atoms with van der Waals surface area (Å²) in [5.41, 5.74) is -0.857. The summed E-state index contributed by atoms with van der Waals surface area (Å²) in [6.07, 6.45) is 0. The van der Waals surface area contributed by atoms with Gasteiger partial charge in [0.2, 0.25) is 5.60 Å². The molecule has 0 spiro atoms. The van der Waals surface area contributed by atoms with Crippen molar-refractivity contribution in [3.63, 3.8) is 0 Å². The normalized spacial score (nSPS) is 17.1. The molecule has 1 heterocycles. The minimum Gasteiger partial charge on any atom is -0.473 e. The summed E-state index contributed by atoms with van der Waals surface area (Å²) >= 11 is 3.35. The molecule has 17 heavy (non-hydrogen) atoms. The van der Waals surface area contributed by atoms with Crippen LogP contribution in [0.3, 0.4) is 0 Å². The number of halogens is 1. The van der Waals surface area contributed by atoms with Crippen molar-refractivity contribution in [2.45, 2.75) is 12.5 Å². The maximum absolute atomic E-state index is 11.8. The summed E-state index contributed by atoms with van der Waals surface area (Å²) in [4.78, 5) is 11.8. The van der Waals surface area contributed by atoms with Gasteiger partial charge < -0.3 is 14.8 Å². The smallest absolute Gasteiger partial charge is 0.353 e. The standard InChI is InChI=1S/C12H14BrNO3/c1-2-16-11(15)12(7-14-8-12)17-10-5-3-9(13)4-6-10/h3-6,14H,2,7-8H2,1H3. The molecule has 0 amide bonds. The first-order valence-corrected chi connectivity index (χ1v) is 6.28. The van der Waals surface area contributed by atoms with Crippen LogP contribution in [-0.4, -0.2) is 31.3 Å². The van der Waals surface area contributed by atoms with E-state index in [1.54, 1.807) is 6.92 Å². The van der Waals surface area contributed by atoms with Gasteiger partial charge in [0.05, 0.1) is 6.61 Å². The van der Waals surface area contributed by atoms with Crippen molar-refractivity contribution < 1.29 is 14.3 Å². The second kappa shape index (κ2) is 5.06. The van der Waals surface area contributed by atoms with E-state index < -0.39 is 5.60 Å². The molecule has 4 nitrogen and oxygen atoms in total. The van der Waals surface area contributed by atoms with Crippen LogP contribution in [0.4, 0.5) is 0 Å². The Balaban J connectivity index is 2.09. The Morgan fingerprint density at radius 2 is 2.06 bits per heavy atom. The molecule has 92 valence electrons. The molecule has 0 atom stereocenters. The highest BCUT2D eigenvalue weighted by Crippen LogP contribution is 2.25. The van der Waals surface area contributed by atoms with Gasteiger partial charge in [-0.25, -0.2) is 4.79 Å². The zero-order valence-corrected chi connectivity index (χ0v) is 11.1. The third-order valence-corrected chi connectivity index (χ3v) is 3.12. The fraction of sp³-hybridized carbons (Fsp3) is 0.417. The summed E-state index contributed by atoms with van der Waals surface area (Å²) in [6, 6.07) is 7.40. The SMILES string of the molecule is CCOC(=O)C1(Oc2ccc(Br)cc2)CNC1. The van der Waals surface area contributed by atoms with Gasteiger partial charge in [-0.3, -0.25) is 0 Å². The highest BCUT2D eigenvalue weighted by molar-refractivity contribution is 9.10. The lowest BCUT2D eigenvalue weighted by Crippen LogP contribution is -2.68. The highest BCUT2D eigenvalue weighted by atomic mass is 79.9. The fourth-order valence-corrected chi connectivity index (χ4v) is 1.87. The number of esters is 1. The Labute approximate surface area is 108 Å². The van der Waals surface area contributed by atoms with Crippen LogP contribution in [0.1, 0.15) is 6.92 Å². The van der Waals surface area contributed by atoms with Gasteiger partial charge in [-0.15, -0.1) is 0 Å².